The second kappa shape index (κ2) is 8.56. The molecule has 1 saturated carbocycles. The molecular formula is C20H22FN3O2. The summed E-state index contributed by atoms with van der Waals surface area (Å²) < 4.78 is 13.2. The molecule has 2 aromatic rings. The molecule has 6 heteroatoms. The number of halogens is 1. The standard InChI is InChI=1S/C20H22FN3O2/c21-17-2-1-3-18(12-17)24-20(26)16-6-4-15(5-7-16)19(25)23-13-14-8-10-22-11-9-14/h1-3,8-12,15-16H,4-7,13H2,(H,23,25)(H,24,26). The Morgan fingerprint density at radius 1 is 1.00 bits per heavy atom. The minimum absolute atomic E-state index is 0.0331. The van der Waals surface area contributed by atoms with E-state index in [-0.39, 0.29) is 29.5 Å². The highest BCUT2D eigenvalue weighted by molar-refractivity contribution is 5.92. The van der Waals surface area contributed by atoms with Crippen molar-refractivity contribution in [1.82, 2.24) is 10.3 Å². The lowest BCUT2D eigenvalue weighted by Gasteiger charge is -2.27. The van der Waals surface area contributed by atoms with Crippen LogP contribution in [0.3, 0.4) is 0 Å². The van der Waals surface area contributed by atoms with E-state index >= 15 is 0 Å². The Morgan fingerprint density at radius 3 is 2.31 bits per heavy atom. The summed E-state index contributed by atoms with van der Waals surface area (Å²) in [5.41, 5.74) is 1.48. The zero-order valence-corrected chi connectivity index (χ0v) is 14.5. The maximum absolute atomic E-state index is 13.2. The Balaban J connectivity index is 1.44. The van der Waals surface area contributed by atoms with Gasteiger partial charge in [-0.2, -0.15) is 0 Å². The third kappa shape index (κ3) is 4.88. The average Bonchev–Trinajstić information content (AvgIpc) is 2.67. The zero-order chi connectivity index (χ0) is 18.4. The highest BCUT2D eigenvalue weighted by atomic mass is 19.1. The van der Waals surface area contributed by atoms with Crippen molar-refractivity contribution < 1.29 is 14.0 Å². The molecule has 0 radical (unpaired) electrons. The molecule has 0 atom stereocenters. The molecule has 2 N–H and O–H groups in total. The van der Waals surface area contributed by atoms with Gasteiger partial charge in [0.25, 0.3) is 0 Å². The lowest BCUT2D eigenvalue weighted by molar-refractivity contribution is -0.128. The van der Waals surface area contributed by atoms with Crippen LogP contribution < -0.4 is 10.6 Å². The number of carbonyl (C=O) groups excluding carboxylic acids is 2. The van der Waals surface area contributed by atoms with Gasteiger partial charge in [-0.15, -0.1) is 0 Å². The van der Waals surface area contributed by atoms with Gasteiger partial charge in [-0.25, -0.2) is 4.39 Å². The summed E-state index contributed by atoms with van der Waals surface area (Å²) >= 11 is 0. The van der Waals surface area contributed by atoms with Crippen LogP contribution in [0.5, 0.6) is 0 Å². The van der Waals surface area contributed by atoms with Gasteiger partial charge in [-0.3, -0.25) is 14.6 Å². The van der Waals surface area contributed by atoms with Crippen LogP contribution >= 0.6 is 0 Å². The first kappa shape index (κ1) is 18.0. The highest BCUT2D eigenvalue weighted by Gasteiger charge is 2.29. The Morgan fingerprint density at radius 2 is 1.65 bits per heavy atom. The van der Waals surface area contributed by atoms with E-state index in [0.29, 0.717) is 37.9 Å². The summed E-state index contributed by atoms with van der Waals surface area (Å²) in [7, 11) is 0. The summed E-state index contributed by atoms with van der Waals surface area (Å²) in [6.45, 7) is 0.487. The Kier molecular flexibility index (Phi) is 5.94. The molecule has 0 saturated heterocycles. The lowest BCUT2D eigenvalue weighted by Crippen LogP contribution is -2.35. The molecule has 5 nitrogen and oxygen atoms in total. The van der Waals surface area contributed by atoms with Gasteiger partial charge in [0.15, 0.2) is 0 Å². The maximum Gasteiger partial charge on any atom is 0.227 e. The first-order valence-corrected chi connectivity index (χ1v) is 8.85. The fourth-order valence-electron chi connectivity index (χ4n) is 3.26. The van der Waals surface area contributed by atoms with Crippen LogP contribution in [0.25, 0.3) is 0 Å². The predicted octanol–water partition coefficient (Wildman–Crippen LogP) is 3.28. The van der Waals surface area contributed by atoms with E-state index in [2.05, 4.69) is 15.6 Å². The summed E-state index contributed by atoms with van der Waals surface area (Å²) in [6.07, 6.45) is 6.09. The van der Waals surface area contributed by atoms with Gasteiger partial charge < -0.3 is 10.6 Å². The molecule has 136 valence electrons. The van der Waals surface area contributed by atoms with E-state index in [0.717, 1.165) is 5.56 Å². The van der Waals surface area contributed by atoms with Crippen LogP contribution in [-0.2, 0) is 16.1 Å². The quantitative estimate of drug-likeness (QED) is 0.865. The van der Waals surface area contributed by atoms with Crippen molar-refractivity contribution in [3.05, 3.63) is 60.2 Å². The van der Waals surface area contributed by atoms with Crippen molar-refractivity contribution in [2.24, 2.45) is 11.8 Å². The van der Waals surface area contributed by atoms with Crippen LogP contribution in [0.1, 0.15) is 31.2 Å². The second-order valence-corrected chi connectivity index (χ2v) is 6.62. The van der Waals surface area contributed by atoms with E-state index < -0.39 is 0 Å². The molecule has 1 aromatic carbocycles. The van der Waals surface area contributed by atoms with Crippen molar-refractivity contribution in [2.75, 3.05) is 5.32 Å². The minimum Gasteiger partial charge on any atom is -0.352 e. The largest absolute Gasteiger partial charge is 0.352 e. The molecule has 1 fully saturated rings. The van der Waals surface area contributed by atoms with Crippen molar-refractivity contribution in [3.8, 4) is 0 Å². The minimum atomic E-state index is -0.377. The van der Waals surface area contributed by atoms with Gasteiger partial charge in [-0.05, 0) is 61.6 Å². The molecule has 1 heterocycles. The molecule has 2 amide bonds. The summed E-state index contributed by atoms with van der Waals surface area (Å²) in [6, 6.07) is 9.61. The summed E-state index contributed by atoms with van der Waals surface area (Å²) in [4.78, 5) is 28.6. The number of benzene rings is 1. The zero-order valence-electron chi connectivity index (χ0n) is 14.5. The van der Waals surface area contributed by atoms with Crippen LogP contribution in [0.2, 0.25) is 0 Å². The first-order valence-electron chi connectivity index (χ1n) is 8.85. The average molecular weight is 355 g/mol. The topological polar surface area (TPSA) is 71.1 Å². The van der Waals surface area contributed by atoms with Gasteiger partial charge in [0.2, 0.25) is 11.8 Å². The molecule has 1 aromatic heterocycles. The smallest absolute Gasteiger partial charge is 0.227 e. The maximum atomic E-state index is 13.2. The Bertz CT molecular complexity index is 759. The monoisotopic (exact) mass is 355 g/mol. The lowest BCUT2D eigenvalue weighted by atomic mass is 9.81. The molecular weight excluding hydrogens is 333 g/mol. The summed E-state index contributed by atoms with van der Waals surface area (Å²) in [5, 5.41) is 5.71. The molecule has 3 rings (SSSR count). The van der Waals surface area contributed by atoms with Crippen LogP contribution in [0.4, 0.5) is 10.1 Å². The normalized spacial score (nSPS) is 19.6. The molecule has 0 aliphatic heterocycles. The van der Waals surface area contributed by atoms with Gasteiger partial charge in [-0.1, -0.05) is 6.07 Å². The Labute approximate surface area is 152 Å². The van der Waals surface area contributed by atoms with Crippen molar-refractivity contribution in [2.45, 2.75) is 32.2 Å². The number of nitrogens with one attached hydrogen (secondary N) is 2. The third-order valence-electron chi connectivity index (χ3n) is 4.78. The predicted molar refractivity (Wildman–Crippen MR) is 96.6 cm³/mol. The number of nitrogens with zero attached hydrogens (tertiary/aromatic N) is 1. The van der Waals surface area contributed by atoms with Crippen LogP contribution in [-0.4, -0.2) is 16.8 Å². The molecule has 0 bridgehead atoms. The fourth-order valence-corrected chi connectivity index (χ4v) is 3.26. The van der Waals surface area contributed by atoms with Gasteiger partial charge in [0, 0.05) is 36.5 Å². The molecule has 1 aliphatic rings. The number of rotatable bonds is 5. The highest BCUT2D eigenvalue weighted by Crippen LogP contribution is 2.30. The van der Waals surface area contributed by atoms with Crippen molar-refractivity contribution in [3.63, 3.8) is 0 Å². The molecule has 0 spiro atoms. The number of hydrogen-bond donors (Lipinski definition) is 2. The van der Waals surface area contributed by atoms with Crippen LogP contribution in [0, 0.1) is 17.7 Å². The second-order valence-electron chi connectivity index (χ2n) is 6.62. The molecule has 26 heavy (non-hydrogen) atoms. The molecule has 1 aliphatic carbocycles. The van der Waals surface area contributed by atoms with E-state index in [1.807, 2.05) is 12.1 Å². The third-order valence-corrected chi connectivity index (χ3v) is 4.78. The van der Waals surface area contributed by atoms with Gasteiger partial charge in [0.05, 0.1) is 0 Å². The van der Waals surface area contributed by atoms with E-state index in [4.69, 9.17) is 0 Å². The van der Waals surface area contributed by atoms with E-state index in [9.17, 15) is 14.0 Å². The Hall–Kier alpha value is -2.76. The number of anilines is 1. The number of amides is 2. The van der Waals surface area contributed by atoms with Crippen LogP contribution in [0.15, 0.2) is 48.8 Å². The number of carbonyl (C=O) groups is 2. The number of hydrogen-bond acceptors (Lipinski definition) is 3. The van der Waals surface area contributed by atoms with Crippen molar-refractivity contribution in [1.29, 1.82) is 0 Å². The SMILES string of the molecule is O=C(NCc1ccncc1)C1CCC(C(=O)Nc2cccc(F)c2)CC1. The van der Waals surface area contributed by atoms with E-state index in [1.165, 1.54) is 12.1 Å². The molecule has 0 unspecified atom stereocenters. The summed E-state index contributed by atoms with van der Waals surface area (Å²) in [5.74, 6) is -0.646. The number of aromatic nitrogens is 1. The van der Waals surface area contributed by atoms with Gasteiger partial charge in [0.1, 0.15) is 5.82 Å². The number of pyridine rings is 1. The van der Waals surface area contributed by atoms with Gasteiger partial charge >= 0.3 is 0 Å². The first-order chi connectivity index (χ1) is 12.6. The van der Waals surface area contributed by atoms with E-state index in [1.54, 1.807) is 24.5 Å². The van der Waals surface area contributed by atoms with Crippen molar-refractivity contribution >= 4 is 17.5 Å². The fraction of sp³-hybridized carbons (Fsp3) is 0.350.